The van der Waals surface area contributed by atoms with E-state index in [9.17, 15) is 5.11 Å². The summed E-state index contributed by atoms with van der Waals surface area (Å²) in [6, 6.07) is 5.34. The van der Waals surface area contributed by atoms with Crippen LogP contribution in [0.5, 0.6) is 0 Å². The molecule has 84 valence electrons. The van der Waals surface area contributed by atoms with Gasteiger partial charge in [0, 0.05) is 22.2 Å². The van der Waals surface area contributed by atoms with Crippen molar-refractivity contribution >= 4 is 35.0 Å². The summed E-state index contributed by atoms with van der Waals surface area (Å²) < 4.78 is 0. The molecule has 0 bridgehead atoms. The van der Waals surface area contributed by atoms with E-state index in [0.717, 1.165) is 10.6 Å². The summed E-state index contributed by atoms with van der Waals surface area (Å²) in [5.41, 5.74) is 5.30. The Hall–Kier alpha value is 0.0700. The number of aliphatic hydroxyl groups is 1. The highest BCUT2D eigenvalue weighted by atomic mass is 35.5. The Morgan fingerprint density at radius 1 is 1.40 bits per heavy atom. The smallest absolute Gasteiger partial charge is 0.0670 e. The number of halogens is 2. The van der Waals surface area contributed by atoms with E-state index in [-0.39, 0.29) is 0 Å². The number of thioether (sulfide) groups is 1. The van der Waals surface area contributed by atoms with E-state index in [1.54, 1.807) is 23.9 Å². The van der Waals surface area contributed by atoms with E-state index in [1.807, 2.05) is 6.07 Å². The van der Waals surface area contributed by atoms with Gasteiger partial charge in [-0.25, -0.2) is 0 Å². The minimum Gasteiger partial charge on any atom is -0.392 e. The number of nitrogens with two attached hydrogens (primary N) is 1. The standard InChI is InChI=1S/C10H13Cl2NOS/c11-7-1-2-9(12)10(5-7)15-4-3-8(14)6-13/h1-2,5,8,14H,3-4,6,13H2. The quantitative estimate of drug-likeness (QED) is 0.805. The molecule has 0 saturated heterocycles. The van der Waals surface area contributed by atoms with Crippen LogP contribution in [0.2, 0.25) is 10.0 Å². The van der Waals surface area contributed by atoms with Gasteiger partial charge in [-0.2, -0.15) is 0 Å². The minimum atomic E-state index is -0.435. The molecule has 1 aromatic rings. The number of rotatable bonds is 5. The minimum absolute atomic E-state index is 0.295. The third-order valence-electron chi connectivity index (χ3n) is 1.87. The van der Waals surface area contributed by atoms with Crippen LogP contribution in [0.1, 0.15) is 6.42 Å². The van der Waals surface area contributed by atoms with Crippen LogP contribution in [0, 0.1) is 0 Å². The van der Waals surface area contributed by atoms with E-state index in [0.29, 0.717) is 23.0 Å². The van der Waals surface area contributed by atoms with Crippen LogP contribution in [0.15, 0.2) is 23.1 Å². The molecular formula is C10H13Cl2NOS. The second-order valence-electron chi connectivity index (χ2n) is 3.10. The Morgan fingerprint density at radius 2 is 2.13 bits per heavy atom. The molecule has 2 nitrogen and oxygen atoms in total. The molecule has 5 heteroatoms. The maximum absolute atomic E-state index is 9.26. The van der Waals surface area contributed by atoms with Gasteiger partial charge in [0.25, 0.3) is 0 Å². The summed E-state index contributed by atoms with van der Waals surface area (Å²) in [5, 5.41) is 10.6. The van der Waals surface area contributed by atoms with Crippen molar-refractivity contribution in [2.24, 2.45) is 5.73 Å². The molecule has 15 heavy (non-hydrogen) atoms. The summed E-state index contributed by atoms with van der Waals surface area (Å²) in [6.45, 7) is 0.295. The lowest BCUT2D eigenvalue weighted by molar-refractivity contribution is 0.180. The highest BCUT2D eigenvalue weighted by Crippen LogP contribution is 2.30. The lowest BCUT2D eigenvalue weighted by Gasteiger charge is -2.08. The fourth-order valence-electron chi connectivity index (χ4n) is 1.01. The van der Waals surface area contributed by atoms with E-state index in [2.05, 4.69) is 0 Å². The molecular weight excluding hydrogens is 253 g/mol. The Labute approximate surface area is 104 Å². The zero-order valence-corrected chi connectivity index (χ0v) is 10.4. The molecule has 1 aromatic carbocycles. The van der Waals surface area contributed by atoms with E-state index < -0.39 is 6.10 Å². The van der Waals surface area contributed by atoms with E-state index in [1.165, 1.54) is 0 Å². The number of aliphatic hydroxyl groups excluding tert-OH is 1. The number of hydrogen-bond acceptors (Lipinski definition) is 3. The lowest BCUT2D eigenvalue weighted by Crippen LogP contribution is -2.19. The molecule has 0 fully saturated rings. The molecule has 0 radical (unpaired) electrons. The van der Waals surface area contributed by atoms with Crippen molar-refractivity contribution < 1.29 is 5.11 Å². The third-order valence-corrected chi connectivity index (χ3v) is 3.64. The Morgan fingerprint density at radius 3 is 2.80 bits per heavy atom. The molecule has 0 heterocycles. The second kappa shape index (κ2) is 6.61. The van der Waals surface area contributed by atoms with Crippen molar-refractivity contribution in [1.82, 2.24) is 0 Å². The molecule has 0 aliphatic carbocycles. The Kier molecular flexibility index (Phi) is 5.79. The molecule has 0 amide bonds. The van der Waals surface area contributed by atoms with Crippen molar-refractivity contribution in [1.29, 1.82) is 0 Å². The van der Waals surface area contributed by atoms with Gasteiger partial charge in [0.2, 0.25) is 0 Å². The van der Waals surface area contributed by atoms with Crippen LogP contribution >= 0.6 is 35.0 Å². The molecule has 1 unspecified atom stereocenters. The van der Waals surface area contributed by atoms with Crippen molar-refractivity contribution in [3.63, 3.8) is 0 Å². The number of benzene rings is 1. The third kappa shape index (κ3) is 4.62. The first-order valence-electron chi connectivity index (χ1n) is 4.59. The topological polar surface area (TPSA) is 46.2 Å². The first-order chi connectivity index (χ1) is 7.13. The maximum Gasteiger partial charge on any atom is 0.0670 e. The van der Waals surface area contributed by atoms with Crippen molar-refractivity contribution in [3.05, 3.63) is 28.2 Å². The van der Waals surface area contributed by atoms with Crippen molar-refractivity contribution in [2.45, 2.75) is 17.4 Å². The molecule has 3 N–H and O–H groups in total. The summed E-state index contributed by atoms with van der Waals surface area (Å²) >= 11 is 13.4. The van der Waals surface area contributed by atoms with Crippen LogP contribution in [-0.2, 0) is 0 Å². The van der Waals surface area contributed by atoms with Crippen LogP contribution in [0.3, 0.4) is 0 Å². The summed E-state index contributed by atoms with van der Waals surface area (Å²) in [4.78, 5) is 0.938. The average Bonchev–Trinajstić information content (AvgIpc) is 2.23. The molecule has 0 aromatic heterocycles. The van der Waals surface area contributed by atoms with Crippen molar-refractivity contribution in [2.75, 3.05) is 12.3 Å². The summed E-state index contributed by atoms with van der Waals surface area (Å²) in [5.74, 6) is 0.776. The molecule has 0 saturated carbocycles. The summed E-state index contributed by atoms with van der Waals surface area (Å²) in [6.07, 6.45) is 0.222. The summed E-state index contributed by atoms with van der Waals surface area (Å²) in [7, 11) is 0. The van der Waals surface area contributed by atoms with Crippen LogP contribution < -0.4 is 5.73 Å². The largest absolute Gasteiger partial charge is 0.392 e. The highest BCUT2D eigenvalue weighted by molar-refractivity contribution is 7.99. The van der Waals surface area contributed by atoms with Gasteiger partial charge >= 0.3 is 0 Å². The Bertz CT molecular complexity index is 322. The van der Waals surface area contributed by atoms with Gasteiger partial charge < -0.3 is 10.8 Å². The van der Waals surface area contributed by atoms with Gasteiger partial charge in [-0.05, 0) is 24.6 Å². The zero-order valence-electron chi connectivity index (χ0n) is 8.12. The molecule has 1 rings (SSSR count). The highest BCUT2D eigenvalue weighted by Gasteiger charge is 2.04. The predicted molar refractivity (Wildman–Crippen MR) is 66.9 cm³/mol. The maximum atomic E-state index is 9.26. The SMILES string of the molecule is NCC(O)CCSc1cc(Cl)ccc1Cl. The van der Waals surface area contributed by atoms with Gasteiger partial charge in [0.15, 0.2) is 0 Å². The lowest BCUT2D eigenvalue weighted by atomic mass is 10.3. The molecule has 0 aliphatic heterocycles. The van der Waals surface area contributed by atoms with Crippen LogP contribution in [0.4, 0.5) is 0 Å². The molecule has 1 atom stereocenters. The van der Waals surface area contributed by atoms with Gasteiger partial charge in [0.05, 0.1) is 11.1 Å². The fraction of sp³-hybridized carbons (Fsp3) is 0.400. The average molecular weight is 266 g/mol. The zero-order chi connectivity index (χ0) is 11.3. The predicted octanol–water partition coefficient (Wildman–Crippen LogP) is 2.80. The van der Waals surface area contributed by atoms with Crippen LogP contribution in [-0.4, -0.2) is 23.5 Å². The molecule has 0 aliphatic rings. The van der Waals surface area contributed by atoms with Gasteiger partial charge in [0.1, 0.15) is 0 Å². The fourth-order valence-corrected chi connectivity index (χ4v) is 2.55. The van der Waals surface area contributed by atoms with Gasteiger partial charge in [-0.3, -0.25) is 0 Å². The van der Waals surface area contributed by atoms with Crippen molar-refractivity contribution in [3.8, 4) is 0 Å². The molecule has 0 spiro atoms. The van der Waals surface area contributed by atoms with E-state index >= 15 is 0 Å². The van der Waals surface area contributed by atoms with Crippen LogP contribution in [0.25, 0.3) is 0 Å². The monoisotopic (exact) mass is 265 g/mol. The normalized spacial score (nSPS) is 12.8. The first-order valence-corrected chi connectivity index (χ1v) is 6.33. The number of hydrogen-bond donors (Lipinski definition) is 2. The second-order valence-corrected chi connectivity index (χ2v) is 5.08. The van der Waals surface area contributed by atoms with E-state index in [4.69, 9.17) is 28.9 Å². The first kappa shape index (κ1) is 13.1. The van der Waals surface area contributed by atoms with Gasteiger partial charge in [-0.1, -0.05) is 23.2 Å². The van der Waals surface area contributed by atoms with Gasteiger partial charge in [-0.15, -0.1) is 11.8 Å². The Balaban J connectivity index is 2.46.